The largest absolute Gasteiger partial charge is 0.494 e. The molecule has 2 aromatic carbocycles. The summed E-state index contributed by atoms with van der Waals surface area (Å²) in [5.41, 5.74) is 0.612. The third kappa shape index (κ3) is 6.80. The highest BCUT2D eigenvalue weighted by molar-refractivity contribution is 5.91. The van der Waals surface area contributed by atoms with Crippen molar-refractivity contribution in [3.8, 4) is 11.5 Å². The Morgan fingerprint density at radius 1 is 1.03 bits per heavy atom. The van der Waals surface area contributed by atoms with Gasteiger partial charge in [0.25, 0.3) is 0 Å². The Morgan fingerprint density at radius 2 is 1.73 bits per heavy atom. The van der Waals surface area contributed by atoms with Gasteiger partial charge in [0.15, 0.2) is 0 Å². The molecule has 3 rings (SSSR count). The van der Waals surface area contributed by atoms with Crippen molar-refractivity contribution in [3.63, 3.8) is 0 Å². The Kier molecular flexibility index (Phi) is 8.02. The summed E-state index contributed by atoms with van der Waals surface area (Å²) >= 11 is 0. The van der Waals surface area contributed by atoms with E-state index in [0.717, 1.165) is 11.8 Å². The number of benzene rings is 2. The van der Waals surface area contributed by atoms with Crippen molar-refractivity contribution < 1.29 is 28.2 Å². The summed E-state index contributed by atoms with van der Waals surface area (Å²) in [6, 6.07) is 14.4. The molecule has 172 valence electrons. The molecule has 33 heavy (non-hydrogen) atoms. The van der Waals surface area contributed by atoms with Gasteiger partial charge in [-0.1, -0.05) is 13.5 Å². The second kappa shape index (κ2) is 11.1. The molecule has 1 atom stereocenters. The predicted molar refractivity (Wildman–Crippen MR) is 124 cm³/mol. The first-order valence-corrected chi connectivity index (χ1v) is 10.7. The Labute approximate surface area is 191 Å². The summed E-state index contributed by atoms with van der Waals surface area (Å²) < 4.78 is 21.6. The third-order valence-electron chi connectivity index (χ3n) is 4.91. The van der Waals surface area contributed by atoms with Crippen LogP contribution in [-0.2, 0) is 9.53 Å². The molecule has 1 heterocycles. The van der Waals surface area contributed by atoms with E-state index in [4.69, 9.17) is 18.6 Å². The topological polar surface area (TPSA) is 92.0 Å². The number of hydrogen-bond donors (Lipinski definition) is 0. The predicted octanol–water partition coefficient (Wildman–Crippen LogP) is 5.07. The van der Waals surface area contributed by atoms with Crippen LogP contribution >= 0.6 is 0 Å². The molecule has 0 bridgehead atoms. The maximum Gasteiger partial charge on any atom is 0.343 e. The number of carbonyl (C=O) groups excluding carboxylic acids is 2. The highest BCUT2D eigenvalue weighted by Crippen LogP contribution is 2.21. The second-order valence-corrected chi connectivity index (χ2v) is 7.57. The smallest absolute Gasteiger partial charge is 0.343 e. The van der Waals surface area contributed by atoms with E-state index in [9.17, 15) is 14.4 Å². The zero-order chi connectivity index (χ0) is 23.8. The van der Waals surface area contributed by atoms with Crippen molar-refractivity contribution in [3.05, 3.63) is 82.7 Å². The molecular formula is C26H26O7. The minimum atomic E-state index is -0.538. The molecule has 7 heteroatoms. The first kappa shape index (κ1) is 23.8. The van der Waals surface area contributed by atoms with E-state index in [-0.39, 0.29) is 17.8 Å². The quantitative estimate of drug-likeness (QED) is 0.140. The van der Waals surface area contributed by atoms with Gasteiger partial charge in [-0.15, -0.1) is 0 Å². The fourth-order valence-corrected chi connectivity index (χ4v) is 3.06. The van der Waals surface area contributed by atoms with Crippen molar-refractivity contribution in [2.45, 2.75) is 39.2 Å². The molecule has 7 nitrogen and oxygen atoms in total. The van der Waals surface area contributed by atoms with Gasteiger partial charge in [0, 0.05) is 23.1 Å². The van der Waals surface area contributed by atoms with Crippen LogP contribution in [0.5, 0.6) is 11.5 Å². The van der Waals surface area contributed by atoms with Crippen LogP contribution in [0.1, 0.15) is 43.5 Å². The number of ether oxygens (including phenoxy) is 3. The van der Waals surface area contributed by atoms with Crippen LogP contribution in [0.25, 0.3) is 11.0 Å². The molecule has 0 radical (unpaired) electrons. The summed E-state index contributed by atoms with van der Waals surface area (Å²) in [6.07, 6.45) is 1.95. The van der Waals surface area contributed by atoms with Gasteiger partial charge in [0.05, 0.1) is 12.2 Å². The van der Waals surface area contributed by atoms with E-state index >= 15 is 0 Å². The average Bonchev–Trinajstić information content (AvgIpc) is 2.80. The van der Waals surface area contributed by atoms with Crippen LogP contribution in [0.2, 0.25) is 0 Å². The number of carbonyl (C=O) groups is 2. The maximum atomic E-state index is 12.4. The van der Waals surface area contributed by atoms with Crippen LogP contribution in [0.4, 0.5) is 0 Å². The average molecular weight is 450 g/mol. The molecule has 0 saturated heterocycles. The zero-order valence-corrected chi connectivity index (χ0v) is 18.7. The van der Waals surface area contributed by atoms with Crippen LogP contribution in [0.15, 0.2) is 76.0 Å². The number of hydrogen-bond acceptors (Lipinski definition) is 7. The minimum absolute atomic E-state index is 0.168. The third-order valence-corrected chi connectivity index (χ3v) is 4.91. The van der Waals surface area contributed by atoms with Gasteiger partial charge in [-0.05, 0) is 68.7 Å². The summed E-state index contributed by atoms with van der Waals surface area (Å²) in [5, 5.41) is 0.732. The monoisotopic (exact) mass is 450 g/mol. The first-order chi connectivity index (χ1) is 15.9. The summed E-state index contributed by atoms with van der Waals surface area (Å²) in [7, 11) is 0. The maximum absolute atomic E-state index is 12.4. The van der Waals surface area contributed by atoms with Crippen molar-refractivity contribution in [2.75, 3.05) is 6.61 Å². The lowest BCUT2D eigenvalue weighted by atomic mass is 10.1. The van der Waals surface area contributed by atoms with E-state index in [0.29, 0.717) is 41.9 Å². The summed E-state index contributed by atoms with van der Waals surface area (Å²) in [6.45, 7) is 7.63. The lowest BCUT2D eigenvalue weighted by molar-refractivity contribution is -0.144. The fraction of sp³-hybridized carbons (Fsp3) is 0.269. The molecule has 0 N–H and O–H groups in total. The van der Waals surface area contributed by atoms with Crippen LogP contribution < -0.4 is 15.1 Å². The number of rotatable bonds is 10. The van der Waals surface area contributed by atoms with Gasteiger partial charge in [0.2, 0.25) is 0 Å². The normalized spacial score (nSPS) is 11.6. The Morgan fingerprint density at radius 3 is 2.42 bits per heavy atom. The van der Waals surface area contributed by atoms with Gasteiger partial charge in [0.1, 0.15) is 23.2 Å². The first-order valence-electron chi connectivity index (χ1n) is 10.7. The van der Waals surface area contributed by atoms with Gasteiger partial charge in [-0.25, -0.2) is 14.4 Å². The lowest BCUT2D eigenvalue weighted by Crippen LogP contribution is -2.18. The zero-order valence-electron chi connectivity index (χ0n) is 18.7. The van der Waals surface area contributed by atoms with Crippen LogP contribution in [-0.4, -0.2) is 24.6 Å². The Bertz CT molecular complexity index is 1190. The Balaban J connectivity index is 1.49. The summed E-state index contributed by atoms with van der Waals surface area (Å²) in [4.78, 5) is 35.4. The van der Waals surface area contributed by atoms with E-state index in [1.165, 1.54) is 12.1 Å². The van der Waals surface area contributed by atoms with Gasteiger partial charge >= 0.3 is 17.6 Å². The molecule has 0 fully saturated rings. The SMILES string of the molecule is C=C(C)C(=O)OC(CC)CCCOc1ccc(C(=O)Oc2ccc3ccc(=O)oc3c2)cc1. The number of fused-ring (bicyclic) bond motifs is 1. The molecular weight excluding hydrogens is 424 g/mol. The minimum Gasteiger partial charge on any atom is -0.494 e. The molecule has 0 saturated carbocycles. The van der Waals surface area contributed by atoms with Crippen molar-refractivity contribution >= 4 is 22.9 Å². The molecule has 0 aliphatic rings. The fourth-order valence-electron chi connectivity index (χ4n) is 3.06. The molecule has 0 aliphatic heterocycles. The van der Waals surface area contributed by atoms with E-state index in [1.54, 1.807) is 49.4 Å². The molecule has 3 aromatic rings. The van der Waals surface area contributed by atoms with Gasteiger partial charge < -0.3 is 18.6 Å². The molecule has 0 spiro atoms. The van der Waals surface area contributed by atoms with Crippen LogP contribution in [0, 0.1) is 0 Å². The van der Waals surface area contributed by atoms with E-state index in [2.05, 4.69) is 6.58 Å². The number of esters is 2. The molecule has 1 unspecified atom stereocenters. The standard InChI is InChI=1S/C26H26O7/c1-4-20(31-25(28)17(2)3)6-5-15-30-21-11-8-19(9-12-21)26(29)32-22-13-7-18-10-14-24(27)33-23(18)16-22/h7-14,16,20H,2,4-6,15H2,1,3H3. The highest BCUT2D eigenvalue weighted by atomic mass is 16.5. The highest BCUT2D eigenvalue weighted by Gasteiger charge is 2.13. The van der Waals surface area contributed by atoms with E-state index < -0.39 is 11.6 Å². The summed E-state index contributed by atoms with van der Waals surface area (Å²) in [5.74, 6) is -0.0196. The van der Waals surface area contributed by atoms with Crippen molar-refractivity contribution in [2.24, 2.45) is 0 Å². The molecule has 1 aromatic heterocycles. The van der Waals surface area contributed by atoms with E-state index in [1.807, 2.05) is 6.92 Å². The van der Waals surface area contributed by atoms with Crippen molar-refractivity contribution in [1.29, 1.82) is 0 Å². The van der Waals surface area contributed by atoms with Gasteiger partial charge in [-0.3, -0.25) is 0 Å². The van der Waals surface area contributed by atoms with Gasteiger partial charge in [-0.2, -0.15) is 0 Å². The molecule has 0 amide bonds. The molecule has 0 aliphatic carbocycles. The lowest BCUT2D eigenvalue weighted by Gasteiger charge is -2.16. The van der Waals surface area contributed by atoms with Crippen molar-refractivity contribution in [1.82, 2.24) is 0 Å². The van der Waals surface area contributed by atoms with Crippen LogP contribution in [0.3, 0.4) is 0 Å². The Hall–Kier alpha value is -3.87. The second-order valence-electron chi connectivity index (χ2n) is 7.57.